The van der Waals surface area contributed by atoms with Crippen molar-refractivity contribution in [2.75, 3.05) is 11.9 Å². The highest BCUT2D eigenvalue weighted by atomic mass is 35.5. The maximum absolute atomic E-state index is 6.02. The van der Waals surface area contributed by atoms with Crippen molar-refractivity contribution < 1.29 is 4.74 Å². The Bertz CT molecular complexity index is 867. The molecule has 0 atom stereocenters. The molecule has 5 nitrogen and oxygen atoms in total. The number of para-hydroxylation sites is 1. The predicted molar refractivity (Wildman–Crippen MR) is 94.3 cm³/mol. The van der Waals surface area contributed by atoms with Gasteiger partial charge in [-0.05, 0) is 54.1 Å². The van der Waals surface area contributed by atoms with E-state index in [0.717, 1.165) is 28.9 Å². The second-order valence-corrected chi connectivity index (χ2v) is 6.31. The summed E-state index contributed by atoms with van der Waals surface area (Å²) in [4.78, 5) is 12.8. The van der Waals surface area contributed by atoms with Crippen molar-refractivity contribution in [3.8, 4) is 5.88 Å². The van der Waals surface area contributed by atoms with E-state index >= 15 is 0 Å². The number of hydrogen-bond acceptors (Lipinski definition) is 5. The Labute approximate surface area is 145 Å². The minimum atomic E-state index is 0.236. The van der Waals surface area contributed by atoms with Gasteiger partial charge in [-0.25, -0.2) is 15.0 Å². The van der Waals surface area contributed by atoms with Crippen LogP contribution in [0.3, 0.4) is 0 Å². The summed E-state index contributed by atoms with van der Waals surface area (Å²) in [5.74, 6) is 2.11. The maximum atomic E-state index is 6.02. The van der Waals surface area contributed by atoms with E-state index < -0.39 is 0 Å². The third-order valence-electron chi connectivity index (χ3n) is 4.00. The van der Waals surface area contributed by atoms with Crippen LogP contribution in [0, 0.1) is 5.92 Å². The molecule has 1 N–H and O–H groups in total. The number of hydrogen-bond donors (Lipinski definition) is 1. The molecule has 3 aromatic rings. The molecule has 1 aromatic carbocycles. The van der Waals surface area contributed by atoms with Crippen LogP contribution in [-0.2, 0) is 6.54 Å². The van der Waals surface area contributed by atoms with Gasteiger partial charge in [-0.2, -0.15) is 0 Å². The van der Waals surface area contributed by atoms with E-state index in [1.807, 2.05) is 36.4 Å². The van der Waals surface area contributed by atoms with Gasteiger partial charge in [0.2, 0.25) is 11.2 Å². The minimum absolute atomic E-state index is 0.236. The Hall–Kier alpha value is -2.40. The highest BCUT2D eigenvalue weighted by Gasteiger charge is 2.22. The summed E-state index contributed by atoms with van der Waals surface area (Å²) in [5.41, 5.74) is 1.90. The Balaban J connectivity index is 1.49. The zero-order valence-electron chi connectivity index (χ0n) is 13.1. The van der Waals surface area contributed by atoms with Gasteiger partial charge < -0.3 is 10.1 Å². The van der Waals surface area contributed by atoms with Gasteiger partial charge in [0.1, 0.15) is 5.82 Å². The predicted octanol–water partition coefficient (Wildman–Crippen LogP) is 4.08. The number of anilines is 1. The molecule has 1 aliphatic carbocycles. The normalized spacial score (nSPS) is 13.9. The number of aromatic nitrogens is 3. The third kappa shape index (κ3) is 3.57. The third-order valence-corrected chi connectivity index (χ3v) is 4.17. The summed E-state index contributed by atoms with van der Waals surface area (Å²) in [7, 11) is 0. The van der Waals surface area contributed by atoms with E-state index in [2.05, 4.69) is 20.3 Å². The Morgan fingerprint density at radius 1 is 1.17 bits per heavy atom. The number of benzene rings is 1. The highest BCUT2D eigenvalue weighted by molar-refractivity contribution is 6.28. The van der Waals surface area contributed by atoms with E-state index in [-0.39, 0.29) is 5.28 Å². The molecule has 4 rings (SSSR count). The van der Waals surface area contributed by atoms with Crippen LogP contribution in [0.5, 0.6) is 5.88 Å². The fraction of sp³-hybridized carbons (Fsp3) is 0.278. The van der Waals surface area contributed by atoms with Crippen molar-refractivity contribution in [3.63, 3.8) is 0 Å². The first-order valence-electron chi connectivity index (χ1n) is 8.02. The molecule has 1 fully saturated rings. The fourth-order valence-corrected chi connectivity index (χ4v) is 2.67. The molecule has 0 unspecified atom stereocenters. The van der Waals surface area contributed by atoms with Gasteiger partial charge in [-0.15, -0.1) is 0 Å². The first kappa shape index (κ1) is 15.1. The number of rotatable bonds is 6. The number of fused-ring (bicyclic) bond motifs is 1. The van der Waals surface area contributed by atoms with E-state index in [0.29, 0.717) is 18.3 Å². The number of nitrogens with one attached hydrogen (secondary N) is 1. The molecule has 2 heterocycles. The molecule has 0 radical (unpaired) electrons. The van der Waals surface area contributed by atoms with Crippen LogP contribution >= 0.6 is 11.6 Å². The Kier molecular flexibility index (Phi) is 4.17. The first-order valence-corrected chi connectivity index (χ1v) is 8.39. The number of pyridine rings is 1. The van der Waals surface area contributed by atoms with Gasteiger partial charge in [-0.1, -0.05) is 12.1 Å². The molecular formula is C18H17ClN4O. The van der Waals surface area contributed by atoms with Gasteiger partial charge in [0.15, 0.2) is 0 Å². The highest BCUT2D eigenvalue weighted by Crippen LogP contribution is 2.29. The lowest BCUT2D eigenvalue weighted by Crippen LogP contribution is -2.05. The van der Waals surface area contributed by atoms with E-state index in [1.54, 1.807) is 6.20 Å². The summed E-state index contributed by atoms with van der Waals surface area (Å²) in [6.07, 6.45) is 4.30. The second kappa shape index (κ2) is 6.61. The van der Waals surface area contributed by atoms with Crippen molar-refractivity contribution in [3.05, 3.63) is 53.4 Å². The number of nitrogens with zero attached hydrogens (tertiary/aromatic N) is 3. The number of halogens is 1. The van der Waals surface area contributed by atoms with Crippen molar-refractivity contribution in [2.45, 2.75) is 19.4 Å². The summed E-state index contributed by atoms with van der Waals surface area (Å²) in [5, 5.41) is 4.51. The van der Waals surface area contributed by atoms with Gasteiger partial charge in [0.25, 0.3) is 0 Å². The summed E-state index contributed by atoms with van der Waals surface area (Å²) in [6.45, 7) is 1.37. The first-order chi connectivity index (χ1) is 11.8. The molecule has 0 spiro atoms. The standard InChI is InChI=1S/C18H17ClN4O/c19-18-22-15-4-2-1-3-14(15)17(23-18)21-10-13-7-8-20-16(9-13)24-11-12-5-6-12/h1-4,7-9,12H,5-6,10-11H2,(H,21,22,23). The van der Waals surface area contributed by atoms with Crippen molar-refractivity contribution in [1.29, 1.82) is 0 Å². The lowest BCUT2D eigenvalue weighted by Gasteiger charge is -2.10. The van der Waals surface area contributed by atoms with Gasteiger partial charge in [-0.3, -0.25) is 0 Å². The van der Waals surface area contributed by atoms with Gasteiger partial charge in [0, 0.05) is 24.2 Å². The summed E-state index contributed by atoms with van der Waals surface area (Å²) in [6, 6.07) is 11.7. The van der Waals surface area contributed by atoms with E-state index in [4.69, 9.17) is 16.3 Å². The van der Waals surface area contributed by atoms with Crippen molar-refractivity contribution in [1.82, 2.24) is 15.0 Å². The minimum Gasteiger partial charge on any atom is -0.477 e. The van der Waals surface area contributed by atoms with E-state index in [9.17, 15) is 0 Å². The van der Waals surface area contributed by atoms with E-state index in [1.165, 1.54) is 12.8 Å². The lowest BCUT2D eigenvalue weighted by atomic mass is 10.2. The Morgan fingerprint density at radius 3 is 2.92 bits per heavy atom. The SMILES string of the molecule is Clc1nc(NCc2ccnc(OCC3CC3)c2)c2ccccc2n1. The molecule has 0 bridgehead atoms. The van der Waals surface area contributed by atoms with Crippen LogP contribution in [0.15, 0.2) is 42.6 Å². The molecule has 1 aliphatic rings. The molecule has 2 aromatic heterocycles. The molecule has 0 aliphatic heterocycles. The average molecular weight is 341 g/mol. The summed E-state index contributed by atoms with van der Waals surface area (Å²) >= 11 is 6.02. The topological polar surface area (TPSA) is 59.9 Å². The summed E-state index contributed by atoms with van der Waals surface area (Å²) < 4.78 is 5.73. The molecular weight excluding hydrogens is 324 g/mol. The van der Waals surface area contributed by atoms with Crippen LogP contribution < -0.4 is 10.1 Å². The van der Waals surface area contributed by atoms with Crippen molar-refractivity contribution >= 4 is 28.3 Å². The van der Waals surface area contributed by atoms with Gasteiger partial charge in [0.05, 0.1) is 12.1 Å². The smallest absolute Gasteiger partial charge is 0.224 e. The van der Waals surface area contributed by atoms with Gasteiger partial charge >= 0.3 is 0 Å². The zero-order valence-corrected chi connectivity index (χ0v) is 13.8. The molecule has 6 heteroatoms. The lowest BCUT2D eigenvalue weighted by molar-refractivity contribution is 0.288. The van der Waals surface area contributed by atoms with Crippen LogP contribution in [0.2, 0.25) is 5.28 Å². The Morgan fingerprint density at radius 2 is 2.04 bits per heavy atom. The second-order valence-electron chi connectivity index (χ2n) is 5.97. The van der Waals surface area contributed by atoms with Crippen molar-refractivity contribution in [2.24, 2.45) is 5.92 Å². The maximum Gasteiger partial charge on any atom is 0.224 e. The zero-order chi connectivity index (χ0) is 16.4. The van der Waals surface area contributed by atoms with Crippen LogP contribution in [-0.4, -0.2) is 21.6 Å². The van der Waals surface area contributed by atoms with Crippen LogP contribution in [0.25, 0.3) is 10.9 Å². The molecule has 0 amide bonds. The quantitative estimate of drug-likeness (QED) is 0.685. The van der Waals surface area contributed by atoms with Crippen LogP contribution in [0.4, 0.5) is 5.82 Å². The average Bonchev–Trinajstić information content (AvgIpc) is 3.42. The molecule has 1 saturated carbocycles. The van der Waals surface area contributed by atoms with Crippen LogP contribution in [0.1, 0.15) is 18.4 Å². The molecule has 0 saturated heterocycles. The molecule has 122 valence electrons. The molecule has 24 heavy (non-hydrogen) atoms. The monoisotopic (exact) mass is 340 g/mol. The largest absolute Gasteiger partial charge is 0.477 e. The fourth-order valence-electron chi connectivity index (χ4n) is 2.50. The number of ether oxygens (including phenoxy) is 1.